The second-order valence-corrected chi connectivity index (χ2v) is 6.85. The van der Waals surface area contributed by atoms with E-state index >= 15 is 0 Å². The van der Waals surface area contributed by atoms with Gasteiger partial charge in [-0.15, -0.1) is 0 Å². The first-order valence-electron chi connectivity index (χ1n) is 8.63. The minimum Gasteiger partial charge on any atom is -0.347 e. The van der Waals surface area contributed by atoms with Crippen LogP contribution in [0.1, 0.15) is 33.0 Å². The van der Waals surface area contributed by atoms with Gasteiger partial charge in [0.15, 0.2) is 0 Å². The van der Waals surface area contributed by atoms with Crippen LogP contribution in [0.4, 0.5) is 11.5 Å². The summed E-state index contributed by atoms with van der Waals surface area (Å²) < 4.78 is 0. The molecular weight excluding hydrogens is 360 g/mol. The van der Waals surface area contributed by atoms with Crippen LogP contribution in [0.2, 0.25) is 5.02 Å². The zero-order valence-corrected chi connectivity index (χ0v) is 16.3. The number of anilines is 2. The summed E-state index contributed by atoms with van der Waals surface area (Å²) in [5.74, 6) is 0.814. The van der Waals surface area contributed by atoms with Gasteiger partial charge in [0.1, 0.15) is 17.3 Å². The van der Waals surface area contributed by atoms with Gasteiger partial charge >= 0.3 is 0 Å². The van der Waals surface area contributed by atoms with Gasteiger partial charge in [0.2, 0.25) is 0 Å². The Balaban J connectivity index is 1.73. The average molecular weight is 381 g/mol. The van der Waals surface area contributed by atoms with E-state index in [1.807, 2.05) is 56.3 Å². The smallest absolute Gasteiger partial charge is 0.270 e. The first-order valence-corrected chi connectivity index (χ1v) is 9.01. The molecule has 0 saturated heterocycles. The van der Waals surface area contributed by atoms with Gasteiger partial charge in [-0.1, -0.05) is 47.5 Å². The Labute approximate surface area is 163 Å². The maximum absolute atomic E-state index is 12.5. The van der Waals surface area contributed by atoms with Gasteiger partial charge in [-0.3, -0.25) is 4.79 Å². The predicted molar refractivity (Wildman–Crippen MR) is 109 cm³/mol. The summed E-state index contributed by atoms with van der Waals surface area (Å²) in [6.45, 7) is 6.16. The van der Waals surface area contributed by atoms with Crippen molar-refractivity contribution in [3.8, 4) is 0 Å². The number of rotatable bonds is 5. The molecule has 0 aliphatic heterocycles. The van der Waals surface area contributed by atoms with Crippen LogP contribution in [0.5, 0.6) is 0 Å². The molecule has 1 aromatic heterocycles. The van der Waals surface area contributed by atoms with E-state index in [4.69, 9.17) is 11.6 Å². The number of benzene rings is 2. The van der Waals surface area contributed by atoms with E-state index in [0.29, 0.717) is 28.9 Å². The first-order chi connectivity index (χ1) is 12.9. The van der Waals surface area contributed by atoms with E-state index in [-0.39, 0.29) is 5.91 Å². The standard InChI is InChI=1S/C21H21ClN4O/c1-13-5-4-6-16(9-13)12-23-21(27)19-11-20(25-15(3)24-19)26-17-8-7-14(2)18(22)10-17/h4-11H,12H2,1-3H3,(H,23,27)(H,24,25,26). The summed E-state index contributed by atoms with van der Waals surface area (Å²) in [5, 5.41) is 6.74. The number of aryl methyl sites for hydroxylation is 3. The Bertz CT molecular complexity index is 988. The molecule has 138 valence electrons. The monoisotopic (exact) mass is 380 g/mol. The number of aromatic nitrogens is 2. The molecule has 1 heterocycles. The summed E-state index contributed by atoms with van der Waals surface area (Å²) in [5.41, 5.74) is 4.31. The quantitative estimate of drug-likeness (QED) is 0.671. The van der Waals surface area contributed by atoms with Crippen LogP contribution in [0.3, 0.4) is 0 Å². The maximum Gasteiger partial charge on any atom is 0.270 e. The van der Waals surface area contributed by atoms with Gasteiger partial charge in [-0.25, -0.2) is 9.97 Å². The molecule has 0 aliphatic rings. The Morgan fingerprint density at radius 3 is 2.59 bits per heavy atom. The number of nitrogens with zero attached hydrogens (tertiary/aromatic N) is 2. The third-order valence-electron chi connectivity index (χ3n) is 4.05. The molecule has 0 radical (unpaired) electrons. The van der Waals surface area contributed by atoms with Gasteiger partial charge in [0.05, 0.1) is 0 Å². The van der Waals surface area contributed by atoms with Crippen LogP contribution in [0.25, 0.3) is 0 Å². The number of halogens is 1. The molecule has 2 aromatic carbocycles. The highest BCUT2D eigenvalue weighted by atomic mass is 35.5. The minimum atomic E-state index is -0.244. The van der Waals surface area contributed by atoms with Crippen molar-refractivity contribution in [2.24, 2.45) is 0 Å². The number of carbonyl (C=O) groups is 1. The minimum absolute atomic E-state index is 0.244. The van der Waals surface area contributed by atoms with E-state index < -0.39 is 0 Å². The molecule has 5 nitrogen and oxygen atoms in total. The van der Waals surface area contributed by atoms with Crippen LogP contribution in [0.15, 0.2) is 48.5 Å². The van der Waals surface area contributed by atoms with Gasteiger partial charge in [0.25, 0.3) is 5.91 Å². The summed E-state index contributed by atoms with van der Waals surface area (Å²) in [6.07, 6.45) is 0. The summed E-state index contributed by atoms with van der Waals surface area (Å²) >= 11 is 6.17. The van der Waals surface area contributed by atoms with E-state index in [9.17, 15) is 4.79 Å². The average Bonchev–Trinajstić information content (AvgIpc) is 2.62. The second kappa shape index (κ2) is 8.18. The highest BCUT2D eigenvalue weighted by Crippen LogP contribution is 2.22. The number of amides is 1. The van der Waals surface area contributed by atoms with Crippen molar-refractivity contribution in [2.75, 3.05) is 5.32 Å². The Morgan fingerprint density at radius 1 is 1.04 bits per heavy atom. The lowest BCUT2D eigenvalue weighted by molar-refractivity contribution is 0.0945. The predicted octanol–water partition coefficient (Wildman–Crippen LogP) is 4.73. The van der Waals surface area contributed by atoms with Crippen molar-refractivity contribution < 1.29 is 4.79 Å². The highest BCUT2D eigenvalue weighted by molar-refractivity contribution is 6.31. The van der Waals surface area contributed by atoms with E-state index in [1.165, 1.54) is 0 Å². The molecule has 0 spiro atoms. The van der Waals surface area contributed by atoms with Crippen molar-refractivity contribution in [1.29, 1.82) is 0 Å². The lowest BCUT2D eigenvalue weighted by Gasteiger charge is -2.10. The third kappa shape index (κ3) is 5.05. The van der Waals surface area contributed by atoms with Gasteiger partial charge in [0, 0.05) is 23.3 Å². The molecular formula is C21H21ClN4O. The maximum atomic E-state index is 12.5. The van der Waals surface area contributed by atoms with Crippen molar-refractivity contribution in [2.45, 2.75) is 27.3 Å². The molecule has 0 unspecified atom stereocenters. The van der Waals surface area contributed by atoms with E-state index in [1.54, 1.807) is 13.0 Å². The Kier molecular flexibility index (Phi) is 5.72. The Hall–Kier alpha value is -2.92. The number of carbonyl (C=O) groups excluding carboxylic acids is 1. The molecule has 2 N–H and O–H groups in total. The summed E-state index contributed by atoms with van der Waals surface area (Å²) in [6, 6.07) is 15.3. The third-order valence-corrected chi connectivity index (χ3v) is 4.46. The largest absolute Gasteiger partial charge is 0.347 e. The van der Waals surface area contributed by atoms with Crippen molar-refractivity contribution in [3.05, 3.63) is 81.8 Å². The van der Waals surface area contributed by atoms with Crippen LogP contribution in [-0.4, -0.2) is 15.9 Å². The number of nitrogens with one attached hydrogen (secondary N) is 2. The molecule has 0 bridgehead atoms. The second-order valence-electron chi connectivity index (χ2n) is 6.45. The highest BCUT2D eigenvalue weighted by Gasteiger charge is 2.11. The van der Waals surface area contributed by atoms with E-state index in [0.717, 1.165) is 22.4 Å². The zero-order chi connectivity index (χ0) is 19.4. The topological polar surface area (TPSA) is 66.9 Å². The van der Waals surface area contributed by atoms with Crippen molar-refractivity contribution in [3.63, 3.8) is 0 Å². The van der Waals surface area contributed by atoms with Crippen LogP contribution in [-0.2, 0) is 6.54 Å². The van der Waals surface area contributed by atoms with Crippen LogP contribution < -0.4 is 10.6 Å². The number of hydrogen-bond donors (Lipinski definition) is 2. The molecule has 0 saturated carbocycles. The SMILES string of the molecule is Cc1cccc(CNC(=O)c2cc(Nc3ccc(C)c(Cl)c3)nc(C)n2)c1. The molecule has 0 atom stereocenters. The lowest BCUT2D eigenvalue weighted by atomic mass is 10.1. The molecule has 6 heteroatoms. The number of hydrogen-bond acceptors (Lipinski definition) is 4. The summed E-state index contributed by atoms with van der Waals surface area (Å²) in [4.78, 5) is 21.1. The lowest BCUT2D eigenvalue weighted by Crippen LogP contribution is -2.24. The van der Waals surface area contributed by atoms with Crippen LogP contribution >= 0.6 is 11.6 Å². The molecule has 27 heavy (non-hydrogen) atoms. The van der Waals surface area contributed by atoms with Gasteiger partial charge in [-0.05, 0) is 44.0 Å². The molecule has 3 rings (SSSR count). The van der Waals surface area contributed by atoms with E-state index in [2.05, 4.69) is 20.6 Å². The first kappa shape index (κ1) is 18.9. The Morgan fingerprint density at radius 2 is 1.85 bits per heavy atom. The van der Waals surface area contributed by atoms with Gasteiger partial charge < -0.3 is 10.6 Å². The zero-order valence-electron chi connectivity index (χ0n) is 15.5. The fraction of sp³-hybridized carbons (Fsp3) is 0.190. The van der Waals surface area contributed by atoms with Crippen molar-refractivity contribution in [1.82, 2.24) is 15.3 Å². The van der Waals surface area contributed by atoms with Crippen molar-refractivity contribution >= 4 is 29.0 Å². The summed E-state index contributed by atoms with van der Waals surface area (Å²) in [7, 11) is 0. The molecule has 0 fully saturated rings. The molecule has 3 aromatic rings. The van der Waals surface area contributed by atoms with Crippen LogP contribution in [0, 0.1) is 20.8 Å². The molecule has 0 aliphatic carbocycles. The molecule has 1 amide bonds. The normalized spacial score (nSPS) is 10.5. The fourth-order valence-electron chi connectivity index (χ4n) is 2.66. The van der Waals surface area contributed by atoms with Gasteiger partial charge in [-0.2, -0.15) is 0 Å². The fourth-order valence-corrected chi connectivity index (χ4v) is 2.84.